The molecule has 0 unspecified atom stereocenters. The van der Waals surface area contributed by atoms with E-state index in [1.807, 2.05) is 13.8 Å². The molecular weight excluding hydrogens is 537 g/mol. The maximum atomic E-state index is 14.1. The number of rotatable bonds is 15. The number of esters is 2. The number of nitrogen functional groups attached to an aromatic ring is 1. The Labute approximate surface area is 234 Å². The van der Waals surface area contributed by atoms with Gasteiger partial charge in [0, 0.05) is 19.3 Å². The molecule has 0 aliphatic heterocycles. The number of hydrogen-bond acceptors (Lipinski definition) is 10. The molecular formula is C28H38N3O8P. The van der Waals surface area contributed by atoms with Crippen molar-refractivity contribution in [1.82, 2.24) is 9.55 Å². The lowest BCUT2D eigenvalue weighted by Crippen LogP contribution is -2.25. The summed E-state index contributed by atoms with van der Waals surface area (Å²) in [5.74, 6) is -1.06. The quantitative estimate of drug-likeness (QED) is 0.237. The normalized spacial score (nSPS) is 19.6. The van der Waals surface area contributed by atoms with Crippen molar-refractivity contribution < 1.29 is 32.7 Å². The van der Waals surface area contributed by atoms with Crippen LogP contribution in [-0.4, -0.2) is 47.5 Å². The van der Waals surface area contributed by atoms with Crippen molar-refractivity contribution >= 4 is 31.6 Å². The molecule has 1 aromatic carbocycles. The van der Waals surface area contributed by atoms with Gasteiger partial charge in [-0.3, -0.25) is 18.7 Å². The van der Waals surface area contributed by atoms with E-state index in [1.165, 1.54) is 23.8 Å². The zero-order valence-corrected chi connectivity index (χ0v) is 24.3. The van der Waals surface area contributed by atoms with E-state index in [9.17, 15) is 18.9 Å². The molecule has 0 saturated heterocycles. The molecule has 1 aromatic heterocycles. The van der Waals surface area contributed by atoms with Crippen LogP contribution in [0.1, 0.15) is 47.0 Å². The molecule has 2 N–H and O–H groups in total. The summed E-state index contributed by atoms with van der Waals surface area (Å²) in [4.78, 5) is 40.3. The smallest absolute Gasteiger partial charge is 0.380 e. The number of para-hydroxylation sites is 1. The maximum Gasteiger partial charge on any atom is 0.380 e. The molecule has 1 aliphatic carbocycles. The van der Waals surface area contributed by atoms with Crippen molar-refractivity contribution in [3.63, 3.8) is 0 Å². The van der Waals surface area contributed by atoms with Crippen LogP contribution < -0.4 is 15.9 Å². The second kappa shape index (κ2) is 13.8. The molecule has 1 saturated carbocycles. The van der Waals surface area contributed by atoms with Gasteiger partial charge in [-0.2, -0.15) is 4.98 Å². The number of ether oxygens (including phenoxy) is 2. The second-order valence-electron chi connectivity index (χ2n) is 10.1. The highest BCUT2D eigenvalue weighted by atomic mass is 31.2. The molecule has 1 fully saturated rings. The molecule has 40 heavy (non-hydrogen) atoms. The number of hydrogen-bond donors (Lipinski definition) is 1. The lowest BCUT2D eigenvalue weighted by Gasteiger charge is -2.24. The fraction of sp³-hybridized carbons (Fsp3) is 0.500. The van der Waals surface area contributed by atoms with Crippen molar-refractivity contribution in [2.24, 2.45) is 17.3 Å². The minimum atomic E-state index is -3.91. The lowest BCUT2D eigenvalue weighted by molar-refractivity contribution is -0.149. The third-order valence-electron chi connectivity index (χ3n) is 6.82. The number of anilines is 1. The Morgan fingerprint density at radius 3 is 2.48 bits per heavy atom. The van der Waals surface area contributed by atoms with Crippen LogP contribution in [0.3, 0.4) is 0 Å². The van der Waals surface area contributed by atoms with Gasteiger partial charge in [0.05, 0.1) is 30.7 Å². The van der Waals surface area contributed by atoms with E-state index >= 15 is 0 Å². The largest absolute Gasteiger partial charge is 0.465 e. The molecule has 3 rings (SSSR count). The van der Waals surface area contributed by atoms with Crippen LogP contribution in [0.25, 0.3) is 6.20 Å². The summed E-state index contributed by atoms with van der Waals surface area (Å²) >= 11 is 0. The summed E-state index contributed by atoms with van der Waals surface area (Å²) in [5, 5.41) is 0. The van der Waals surface area contributed by atoms with Crippen molar-refractivity contribution in [3.8, 4) is 5.75 Å². The molecule has 0 bridgehead atoms. The van der Waals surface area contributed by atoms with Gasteiger partial charge >= 0.3 is 25.2 Å². The van der Waals surface area contributed by atoms with Crippen LogP contribution in [0.5, 0.6) is 5.75 Å². The van der Waals surface area contributed by atoms with Gasteiger partial charge in [-0.25, -0.2) is 9.36 Å². The summed E-state index contributed by atoms with van der Waals surface area (Å²) in [6, 6.07) is 10.0. The topological polar surface area (TPSA) is 149 Å². The van der Waals surface area contributed by atoms with Gasteiger partial charge in [-0.1, -0.05) is 51.8 Å². The van der Waals surface area contributed by atoms with E-state index in [0.29, 0.717) is 18.8 Å². The Kier molecular flexibility index (Phi) is 10.7. The Morgan fingerprint density at radius 1 is 1.15 bits per heavy atom. The van der Waals surface area contributed by atoms with E-state index in [-0.39, 0.29) is 31.1 Å². The Balaban J connectivity index is 1.80. The van der Waals surface area contributed by atoms with Crippen molar-refractivity contribution in [1.29, 1.82) is 0 Å². The van der Waals surface area contributed by atoms with E-state index in [2.05, 4.69) is 4.98 Å². The van der Waals surface area contributed by atoms with Crippen LogP contribution >= 0.6 is 7.60 Å². The highest BCUT2D eigenvalue weighted by Gasteiger charge is 2.52. The fourth-order valence-electron chi connectivity index (χ4n) is 4.02. The van der Waals surface area contributed by atoms with Crippen LogP contribution in [0, 0.1) is 17.3 Å². The molecule has 0 amide bonds. The van der Waals surface area contributed by atoms with E-state index in [0.717, 1.165) is 18.4 Å². The van der Waals surface area contributed by atoms with Crippen LogP contribution in [0.2, 0.25) is 0 Å². The van der Waals surface area contributed by atoms with Gasteiger partial charge in [0.15, 0.2) is 0 Å². The Bertz CT molecular complexity index is 1310. The van der Waals surface area contributed by atoms with Gasteiger partial charge in [0.1, 0.15) is 18.2 Å². The third-order valence-corrected chi connectivity index (χ3v) is 8.83. The number of nitrogens with zero attached hydrogens (tertiary/aromatic N) is 2. The summed E-state index contributed by atoms with van der Waals surface area (Å²) in [7, 11) is -3.91. The number of benzene rings is 1. The van der Waals surface area contributed by atoms with E-state index in [4.69, 9.17) is 24.3 Å². The van der Waals surface area contributed by atoms with E-state index in [1.54, 1.807) is 43.5 Å². The first-order chi connectivity index (χ1) is 19.0. The number of carbonyl (C=O) groups is 2. The minimum absolute atomic E-state index is 0.0519. The van der Waals surface area contributed by atoms with Gasteiger partial charge < -0.3 is 19.7 Å². The molecule has 218 valence electrons. The average Bonchev–Trinajstić information content (AvgIpc) is 3.61. The molecule has 0 spiro atoms. The highest BCUT2D eigenvalue weighted by Crippen LogP contribution is 2.58. The van der Waals surface area contributed by atoms with Gasteiger partial charge in [0.25, 0.3) is 0 Å². The number of nitrogens with two attached hydrogens (primary N) is 1. The first-order valence-corrected chi connectivity index (χ1v) is 15.1. The zero-order valence-electron chi connectivity index (χ0n) is 23.4. The molecule has 11 nitrogen and oxygen atoms in total. The molecule has 3 atom stereocenters. The van der Waals surface area contributed by atoms with Crippen LogP contribution in [0.15, 0.2) is 53.0 Å². The Hall–Kier alpha value is -3.43. The molecule has 1 heterocycles. The maximum absolute atomic E-state index is 14.1. The minimum Gasteiger partial charge on any atom is -0.465 e. The summed E-state index contributed by atoms with van der Waals surface area (Å²) in [6.45, 7) is 7.08. The molecule has 1 aliphatic rings. The SMILES string of the molecule is CCC(CC)COC(=O)[C@H](C)C[P@](=O)(OC[C@@]1(COC(C)=O)C/C1=C/n1ccc(N)nc1=O)Oc1ccccc1. The van der Waals surface area contributed by atoms with Crippen molar-refractivity contribution in [2.75, 3.05) is 31.7 Å². The summed E-state index contributed by atoms with van der Waals surface area (Å²) < 4.78 is 37.9. The van der Waals surface area contributed by atoms with Crippen LogP contribution in [-0.2, 0) is 28.2 Å². The molecule has 2 aromatic rings. The number of carbonyl (C=O) groups excluding carboxylic acids is 2. The van der Waals surface area contributed by atoms with Gasteiger partial charge in [-0.05, 0) is 36.1 Å². The fourth-order valence-corrected chi connectivity index (χ4v) is 5.96. The average molecular weight is 576 g/mol. The van der Waals surface area contributed by atoms with Crippen LogP contribution in [0.4, 0.5) is 5.82 Å². The first kappa shape index (κ1) is 31.1. The lowest BCUT2D eigenvalue weighted by atomic mass is 10.1. The zero-order chi connectivity index (χ0) is 29.3. The van der Waals surface area contributed by atoms with E-state index < -0.39 is 36.6 Å². The monoisotopic (exact) mass is 575 g/mol. The predicted octanol–water partition coefficient (Wildman–Crippen LogP) is 4.52. The molecule has 12 heteroatoms. The second-order valence-corrected chi connectivity index (χ2v) is 12.1. The standard InChI is InChI=1S/C28H38N3O8P/c1-5-22(6-2)16-36-26(33)20(3)17-40(35,39-24-10-8-7-9-11-24)38-19-28(18-37-21(4)32)14-23(28)15-31-13-12-25(29)30-27(31)34/h7-13,15,20,22H,5-6,14,16-19H2,1-4H3,(H2,29,30,34)/b23-15-/t20-,28+,40+/m1/s1. The first-order valence-electron chi connectivity index (χ1n) is 13.3. The summed E-state index contributed by atoms with van der Waals surface area (Å²) in [6.07, 6.45) is 5.02. The highest BCUT2D eigenvalue weighted by molar-refractivity contribution is 7.54. The molecule has 0 radical (unpaired) electrons. The third kappa shape index (κ3) is 8.79. The van der Waals surface area contributed by atoms with Crippen molar-refractivity contribution in [3.05, 3.63) is 58.7 Å². The van der Waals surface area contributed by atoms with Gasteiger partial charge in [-0.15, -0.1) is 0 Å². The number of aromatic nitrogens is 2. The summed E-state index contributed by atoms with van der Waals surface area (Å²) in [5.41, 5.74) is 4.90. The predicted molar refractivity (Wildman–Crippen MR) is 151 cm³/mol. The van der Waals surface area contributed by atoms with Crippen molar-refractivity contribution in [2.45, 2.75) is 47.0 Å². The Morgan fingerprint density at radius 2 is 1.85 bits per heavy atom. The van der Waals surface area contributed by atoms with Gasteiger partial charge in [0.2, 0.25) is 0 Å².